The number of hydrogen-bond donors (Lipinski definition) is 0. The second kappa shape index (κ2) is 7.77. The van der Waals surface area contributed by atoms with Crippen LogP contribution in [0, 0.1) is 27.7 Å². The van der Waals surface area contributed by atoms with Crippen LogP contribution in [0.15, 0.2) is 36.4 Å². The summed E-state index contributed by atoms with van der Waals surface area (Å²) in [6, 6.07) is 11.5. The molecule has 2 rings (SSSR count). The topological polar surface area (TPSA) is 52.6 Å². The predicted octanol–water partition coefficient (Wildman–Crippen LogP) is 3.71. The molecule has 24 heavy (non-hydrogen) atoms. The fourth-order valence-corrected chi connectivity index (χ4v) is 2.20. The Bertz CT molecular complexity index is 697. The largest absolute Gasteiger partial charge is 0.452 e. The third-order valence-corrected chi connectivity index (χ3v) is 4.05. The van der Waals surface area contributed by atoms with E-state index < -0.39 is 11.9 Å². The number of carbonyl (C=O) groups excluding carboxylic acids is 2. The van der Waals surface area contributed by atoms with E-state index in [0.29, 0.717) is 0 Å². The maximum Gasteiger partial charge on any atom is 0.417 e. The highest BCUT2D eigenvalue weighted by molar-refractivity contribution is 6.29. The van der Waals surface area contributed by atoms with Gasteiger partial charge in [0.15, 0.2) is 0 Å². The fraction of sp³-hybridized carbons (Fsp3) is 0.300. The number of ether oxygens (including phenoxy) is 2. The van der Waals surface area contributed by atoms with E-state index in [1.165, 1.54) is 0 Å². The molecule has 126 valence electrons. The lowest BCUT2D eigenvalue weighted by molar-refractivity contribution is -0.169. The highest BCUT2D eigenvalue weighted by Crippen LogP contribution is 2.12. The van der Waals surface area contributed by atoms with E-state index in [9.17, 15) is 9.59 Å². The Kier molecular flexibility index (Phi) is 5.74. The molecule has 0 aliphatic heterocycles. The quantitative estimate of drug-likeness (QED) is 0.635. The number of aryl methyl sites for hydroxylation is 4. The first-order chi connectivity index (χ1) is 11.4. The van der Waals surface area contributed by atoms with Crippen LogP contribution in [0.3, 0.4) is 0 Å². The van der Waals surface area contributed by atoms with Gasteiger partial charge in [-0.2, -0.15) is 0 Å². The summed E-state index contributed by atoms with van der Waals surface area (Å²) in [5.41, 5.74) is 6.24. The minimum atomic E-state index is -0.975. The molecule has 0 aliphatic carbocycles. The SMILES string of the molecule is Cc1ccc(COC(=O)C(=O)OCc2ccc(C)c(C)c2)cc1C. The highest BCUT2D eigenvalue weighted by atomic mass is 16.6. The monoisotopic (exact) mass is 326 g/mol. The minimum absolute atomic E-state index is 0.0543. The van der Waals surface area contributed by atoms with Crippen molar-refractivity contribution in [3.63, 3.8) is 0 Å². The Morgan fingerprint density at radius 1 is 0.667 bits per heavy atom. The van der Waals surface area contributed by atoms with Crippen LogP contribution >= 0.6 is 0 Å². The first kappa shape index (κ1) is 17.7. The normalized spacial score (nSPS) is 10.3. The van der Waals surface area contributed by atoms with Gasteiger partial charge in [-0.25, -0.2) is 9.59 Å². The molecule has 0 heterocycles. The summed E-state index contributed by atoms with van der Waals surface area (Å²) in [7, 11) is 0. The van der Waals surface area contributed by atoms with Gasteiger partial charge < -0.3 is 9.47 Å². The molecule has 0 fully saturated rings. The van der Waals surface area contributed by atoms with Gasteiger partial charge in [-0.15, -0.1) is 0 Å². The molecule has 0 saturated carbocycles. The molecule has 0 aromatic heterocycles. The molecule has 0 atom stereocenters. The lowest BCUT2D eigenvalue weighted by atomic mass is 10.1. The number of esters is 2. The summed E-state index contributed by atoms with van der Waals surface area (Å²) >= 11 is 0. The van der Waals surface area contributed by atoms with Gasteiger partial charge in [-0.3, -0.25) is 0 Å². The Hall–Kier alpha value is -2.62. The second-order valence-electron chi connectivity index (χ2n) is 5.99. The molecule has 2 aromatic rings. The summed E-state index contributed by atoms with van der Waals surface area (Å²) < 4.78 is 10.0. The smallest absolute Gasteiger partial charge is 0.417 e. The van der Waals surface area contributed by atoms with Crippen LogP contribution in [0.2, 0.25) is 0 Å². The first-order valence-electron chi connectivity index (χ1n) is 7.83. The van der Waals surface area contributed by atoms with E-state index in [2.05, 4.69) is 0 Å². The molecule has 0 aliphatic rings. The van der Waals surface area contributed by atoms with E-state index >= 15 is 0 Å². The Balaban J connectivity index is 1.84. The van der Waals surface area contributed by atoms with E-state index in [1.807, 2.05) is 64.1 Å². The first-order valence-corrected chi connectivity index (χ1v) is 7.83. The maximum absolute atomic E-state index is 11.7. The zero-order valence-electron chi connectivity index (χ0n) is 14.5. The van der Waals surface area contributed by atoms with Crippen molar-refractivity contribution in [2.75, 3.05) is 0 Å². The van der Waals surface area contributed by atoms with Crippen molar-refractivity contribution in [1.29, 1.82) is 0 Å². The van der Waals surface area contributed by atoms with E-state index in [-0.39, 0.29) is 13.2 Å². The van der Waals surface area contributed by atoms with Gasteiger partial charge in [0.2, 0.25) is 0 Å². The maximum atomic E-state index is 11.7. The fourth-order valence-electron chi connectivity index (χ4n) is 2.20. The van der Waals surface area contributed by atoms with Crippen molar-refractivity contribution in [3.8, 4) is 0 Å². The molecule has 0 N–H and O–H groups in total. The summed E-state index contributed by atoms with van der Waals surface area (Å²) in [4.78, 5) is 23.4. The van der Waals surface area contributed by atoms with Gasteiger partial charge in [-0.05, 0) is 61.1 Å². The van der Waals surface area contributed by atoms with Gasteiger partial charge in [0.05, 0.1) is 0 Å². The molecule has 0 unspecified atom stereocenters. The van der Waals surface area contributed by atoms with Crippen molar-refractivity contribution in [3.05, 3.63) is 69.8 Å². The zero-order chi connectivity index (χ0) is 17.7. The van der Waals surface area contributed by atoms with Crippen LogP contribution in [0.25, 0.3) is 0 Å². The van der Waals surface area contributed by atoms with E-state index in [1.54, 1.807) is 0 Å². The van der Waals surface area contributed by atoms with Crippen molar-refractivity contribution in [1.82, 2.24) is 0 Å². The number of carbonyl (C=O) groups is 2. The number of hydrogen-bond acceptors (Lipinski definition) is 4. The Morgan fingerprint density at radius 3 is 1.38 bits per heavy atom. The van der Waals surface area contributed by atoms with Crippen molar-refractivity contribution >= 4 is 11.9 Å². The van der Waals surface area contributed by atoms with Gasteiger partial charge >= 0.3 is 11.9 Å². The molecule has 2 aromatic carbocycles. The summed E-state index contributed by atoms with van der Waals surface area (Å²) in [5.74, 6) is -1.95. The van der Waals surface area contributed by atoms with Crippen LogP contribution in [-0.2, 0) is 32.3 Å². The van der Waals surface area contributed by atoms with E-state index in [0.717, 1.165) is 33.4 Å². The van der Waals surface area contributed by atoms with Crippen LogP contribution in [-0.4, -0.2) is 11.9 Å². The Morgan fingerprint density at radius 2 is 1.04 bits per heavy atom. The average Bonchev–Trinajstić information content (AvgIpc) is 2.56. The molecule has 0 radical (unpaired) electrons. The molecule has 0 saturated heterocycles. The van der Waals surface area contributed by atoms with Crippen molar-refractivity contribution < 1.29 is 19.1 Å². The molecule has 0 bridgehead atoms. The predicted molar refractivity (Wildman–Crippen MR) is 91.4 cm³/mol. The second-order valence-corrected chi connectivity index (χ2v) is 5.99. The molecule has 0 amide bonds. The van der Waals surface area contributed by atoms with Crippen molar-refractivity contribution in [2.45, 2.75) is 40.9 Å². The molecule has 4 nitrogen and oxygen atoms in total. The zero-order valence-corrected chi connectivity index (χ0v) is 14.5. The van der Waals surface area contributed by atoms with Crippen LogP contribution < -0.4 is 0 Å². The average molecular weight is 326 g/mol. The highest BCUT2D eigenvalue weighted by Gasteiger charge is 2.17. The number of rotatable bonds is 4. The standard InChI is InChI=1S/C20H22O4/c1-13-5-7-17(9-15(13)3)11-23-19(21)20(22)24-12-18-8-6-14(2)16(4)10-18/h5-10H,11-12H2,1-4H3. The molecule has 4 heteroatoms. The van der Waals surface area contributed by atoms with E-state index in [4.69, 9.17) is 9.47 Å². The third kappa shape index (κ3) is 4.69. The van der Waals surface area contributed by atoms with Gasteiger partial charge in [0.25, 0.3) is 0 Å². The van der Waals surface area contributed by atoms with Gasteiger partial charge in [0.1, 0.15) is 13.2 Å². The molecular formula is C20H22O4. The van der Waals surface area contributed by atoms with Crippen molar-refractivity contribution in [2.24, 2.45) is 0 Å². The molecule has 0 spiro atoms. The summed E-state index contributed by atoms with van der Waals surface area (Å²) in [5, 5.41) is 0. The van der Waals surface area contributed by atoms with Crippen LogP contribution in [0.4, 0.5) is 0 Å². The van der Waals surface area contributed by atoms with Crippen LogP contribution in [0.5, 0.6) is 0 Å². The minimum Gasteiger partial charge on any atom is -0.452 e. The third-order valence-electron chi connectivity index (χ3n) is 4.05. The lowest BCUT2D eigenvalue weighted by Gasteiger charge is -2.08. The summed E-state index contributed by atoms with van der Waals surface area (Å²) in [6.45, 7) is 8.10. The Labute approximate surface area is 142 Å². The summed E-state index contributed by atoms with van der Waals surface area (Å²) in [6.07, 6.45) is 0. The van der Waals surface area contributed by atoms with Crippen LogP contribution in [0.1, 0.15) is 33.4 Å². The lowest BCUT2D eigenvalue weighted by Crippen LogP contribution is -2.20. The number of benzene rings is 2. The molecular weight excluding hydrogens is 304 g/mol. The van der Waals surface area contributed by atoms with Gasteiger partial charge in [0, 0.05) is 0 Å². The van der Waals surface area contributed by atoms with Gasteiger partial charge in [-0.1, -0.05) is 36.4 Å².